The minimum Gasteiger partial charge on any atom is -0.0985 e. The largest absolute Gasteiger partial charge is 0.0985 e. The molecule has 0 saturated heterocycles. The highest BCUT2D eigenvalue weighted by Crippen LogP contribution is 2.00. The first-order valence-electron chi connectivity index (χ1n) is 4.71. The molecular weight excluding hydrogens is 295 g/mol. The van der Waals surface area contributed by atoms with E-state index in [4.69, 9.17) is 0 Å². The zero-order valence-electron chi connectivity index (χ0n) is 8.44. The van der Waals surface area contributed by atoms with Crippen molar-refractivity contribution in [2.45, 2.75) is 0 Å². The Balaban J connectivity index is 0.000000151. The van der Waals surface area contributed by atoms with Gasteiger partial charge < -0.3 is 0 Å². The van der Waals surface area contributed by atoms with E-state index in [1.807, 2.05) is 54.6 Å². The van der Waals surface area contributed by atoms with Crippen molar-refractivity contribution in [2.75, 3.05) is 0 Å². The van der Waals surface area contributed by atoms with Crippen molar-refractivity contribution in [3.8, 4) is 0 Å². The van der Waals surface area contributed by atoms with Crippen LogP contribution in [0.15, 0.2) is 67.2 Å². The molecule has 15 heavy (non-hydrogen) atoms. The summed E-state index contributed by atoms with van der Waals surface area (Å²) >= 11 is 2.28. The van der Waals surface area contributed by atoms with E-state index in [1.54, 1.807) is 0 Å². The Labute approximate surface area is 105 Å². The van der Waals surface area contributed by atoms with E-state index in [9.17, 15) is 0 Å². The second kappa shape index (κ2) is 7.23. The van der Waals surface area contributed by atoms with Crippen LogP contribution in [0, 0.1) is 3.57 Å². The van der Waals surface area contributed by atoms with E-state index in [-0.39, 0.29) is 0 Å². The lowest BCUT2D eigenvalue weighted by molar-refractivity contribution is 1.65. The van der Waals surface area contributed by atoms with Gasteiger partial charge in [0.05, 0.1) is 0 Å². The summed E-state index contributed by atoms with van der Waals surface area (Å²) in [4.78, 5) is 0. The summed E-state index contributed by atoms with van der Waals surface area (Å²) in [7, 11) is 0. The van der Waals surface area contributed by atoms with Gasteiger partial charge in [-0.15, -0.1) is 0 Å². The number of rotatable bonds is 1. The molecule has 2 rings (SSSR count). The van der Waals surface area contributed by atoms with Crippen LogP contribution in [0.1, 0.15) is 5.56 Å². The fraction of sp³-hybridized carbons (Fsp3) is 0. The first-order valence-corrected chi connectivity index (χ1v) is 5.79. The molecule has 0 atom stereocenters. The van der Waals surface area contributed by atoms with Gasteiger partial charge in [-0.2, -0.15) is 0 Å². The van der Waals surface area contributed by atoms with Gasteiger partial charge in [0.1, 0.15) is 0 Å². The third-order valence-corrected chi connectivity index (χ3v) is 2.49. The molecule has 0 spiro atoms. The van der Waals surface area contributed by atoms with Crippen LogP contribution in [-0.4, -0.2) is 0 Å². The van der Waals surface area contributed by atoms with Crippen molar-refractivity contribution in [1.82, 2.24) is 0 Å². The number of halogens is 1. The molecule has 0 heterocycles. The molecule has 0 aliphatic heterocycles. The van der Waals surface area contributed by atoms with E-state index in [1.165, 1.54) is 9.13 Å². The van der Waals surface area contributed by atoms with E-state index in [0.29, 0.717) is 0 Å². The smallest absolute Gasteiger partial charge is 0.0130 e. The maximum Gasteiger partial charge on any atom is 0.0130 e. The lowest BCUT2D eigenvalue weighted by atomic mass is 10.2. The van der Waals surface area contributed by atoms with Crippen LogP contribution >= 0.6 is 22.6 Å². The molecule has 0 bridgehead atoms. The van der Waals surface area contributed by atoms with Gasteiger partial charge in [-0.1, -0.05) is 61.2 Å². The molecule has 0 fully saturated rings. The Morgan fingerprint density at radius 3 is 1.53 bits per heavy atom. The summed E-state index contributed by atoms with van der Waals surface area (Å²) in [6.07, 6.45) is 1.83. The highest BCUT2D eigenvalue weighted by atomic mass is 127. The van der Waals surface area contributed by atoms with Crippen molar-refractivity contribution >= 4 is 28.7 Å². The van der Waals surface area contributed by atoms with E-state index in [0.717, 1.165) is 0 Å². The average Bonchev–Trinajstić information content (AvgIpc) is 2.32. The van der Waals surface area contributed by atoms with Crippen molar-refractivity contribution in [3.63, 3.8) is 0 Å². The molecular formula is C14H13I. The van der Waals surface area contributed by atoms with E-state index < -0.39 is 0 Å². The summed E-state index contributed by atoms with van der Waals surface area (Å²) in [6.45, 7) is 3.63. The minimum absolute atomic E-state index is 1.17. The maximum absolute atomic E-state index is 3.63. The molecule has 0 N–H and O–H groups in total. The number of benzene rings is 2. The van der Waals surface area contributed by atoms with Crippen molar-refractivity contribution in [2.24, 2.45) is 0 Å². The molecule has 2 aromatic rings. The zero-order chi connectivity index (χ0) is 10.9. The summed E-state index contributed by atoms with van der Waals surface area (Å²) in [5.41, 5.74) is 1.17. The molecule has 0 radical (unpaired) electrons. The Hall–Kier alpha value is -1.09. The van der Waals surface area contributed by atoms with E-state index >= 15 is 0 Å². The lowest BCUT2D eigenvalue weighted by Crippen LogP contribution is -1.63. The zero-order valence-corrected chi connectivity index (χ0v) is 10.6. The van der Waals surface area contributed by atoms with Crippen LogP contribution in [0.5, 0.6) is 0 Å². The molecule has 0 aliphatic carbocycles. The van der Waals surface area contributed by atoms with Crippen molar-refractivity contribution < 1.29 is 0 Å². The Bertz CT molecular complexity index is 379. The second-order valence-corrected chi connectivity index (χ2v) is 4.16. The summed E-state index contributed by atoms with van der Waals surface area (Å²) in [5.74, 6) is 0. The number of hydrogen-bond acceptors (Lipinski definition) is 0. The third kappa shape index (κ3) is 5.37. The molecule has 0 unspecified atom stereocenters. The van der Waals surface area contributed by atoms with Gasteiger partial charge in [0.2, 0.25) is 0 Å². The van der Waals surface area contributed by atoms with Crippen LogP contribution in [0.2, 0.25) is 0 Å². The van der Waals surface area contributed by atoms with Crippen LogP contribution in [0.3, 0.4) is 0 Å². The van der Waals surface area contributed by atoms with Crippen molar-refractivity contribution in [3.05, 3.63) is 76.4 Å². The fourth-order valence-electron chi connectivity index (χ4n) is 1.00. The van der Waals surface area contributed by atoms with Gasteiger partial charge in [-0.3, -0.25) is 0 Å². The standard InChI is InChI=1S/C8H8.C6H5I/c1-2-8-6-4-3-5-7-8;7-6-4-2-1-3-5-6/h2-7H,1H2;1-5H. The van der Waals surface area contributed by atoms with Gasteiger partial charge >= 0.3 is 0 Å². The fourth-order valence-corrected chi connectivity index (χ4v) is 1.42. The summed E-state index contributed by atoms with van der Waals surface area (Å²) in [5, 5.41) is 0. The predicted octanol–water partition coefficient (Wildman–Crippen LogP) is 4.62. The normalized spacial score (nSPS) is 8.60. The quantitative estimate of drug-likeness (QED) is 0.674. The Kier molecular flexibility index (Phi) is 5.78. The number of hydrogen-bond donors (Lipinski definition) is 0. The summed E-state index contributed by atoms with van der Waals surface area (Å²) < 4.78 is 1.29. The monoisotopic (exact) mass is 308 g/mol. The van der Waals surface area contributed by atoms with Gasteiger partial charge in [0.15, 0.2) is 0 Å². The molecule has 0 aromatic heterocycles. The van der Waals surface area contributed by atoms with Crippen LogP contribution < -0.4 is 0 Å². The Morgan fingerprint density at radius 2 is 1.27 bits per heavy atom. The summed E-state index contributed by atoms with van der Waals surface area (Å²) in [6, 6.07) is 20.2. The highest BCUT2D eigenvalue weighted by molar-refractivity contribution is 14.1. The average molecular weight is 308 g/mol. The molecule has 0 nitrogen and oxygen atoms in total. The van der Waals surface area contributed by atoms with Gasteiger partial charge in [0.25, 0.3) is 0 Å². The van der Waals surface area contributed by atoms with Crippen LogP contribution in [0.25, 0.3) is 6.08 Å². The molecule has 2 aromatic carbocycles. The maximum atomic E-state index is 3.63. The molecule has 0 saturated carbocycles. The molecule has 0 amide bonds. The second-order valence-electron chi connectivity index (χ2n) is 2.91. The molecule has 1 heteroatoms. The van der Waals surface area contributed by atoms with Gasteiger partial charge in [0, 0.05) is 3.57 Å². The Morgan fingerprint density at radius 1 is 0.800 bits per heavy atom. The lowest BCUT2D eigenvalue weighted by Gasteiger charge is -1.85. The molecule has 76 valence electrons. The van der Waals surface area contributed by atoms with Crippen molar-refractivity contribution in [1.29, 1.82) is 0 Å². The predicted molar refractivity (Wildman–Crippen MR) is 75.7 cm³/mol. The van der Waals surface area contributed by atoms with E-state index in [2.05, 4.69) is 41.3 Å². The van der Waals surface area contributed by atoms with Gasteiger partial charge in [-0.25, -0.2) is 0 Å². The van der Waals surface area contributed by atoms with Crippen LogP contribution in [-0.2, 0) is 0 Å². The van der Waals surface area contributed by atoms with Crippen LogP contribution in [0.4, 0.5) is 0 Å². The SMILES string of the molecule is C=Cc1ccccc1.Ic1ccccc1. The third-order valence-electron chi connectivity index (χ3n) is 1.77. The topological polar surface area (TPSA) is 0 Å². The molecule has 0 aliphatic rings. The first kappa shape index (κ1) is 12.0. The minimum atomic E-state index is 1.17. The first-order chi connectivity index (χ1) is 7.33. The van der Waals surface area contributed by atoms with Gasteiger partial charge in [-0.05, 0) is 40.3 Å². The highest BCUT2D eigenvalue weighted by Gasteiger charge is 1.76.